The van der Waals surface area contributed by atoms with E-state index in [2.05, 4.69) is 27.7 Å². The van der Waals surface area contributed by atoms with Gasteiger partial charge in [0, 0.05) is 11.4 Å². The van der Waals surface area contributed by atoms with Gasteiger partial charge in [0.05, 0.1) is 39.0 Å². The second kappa shape index (κ2) is 8.87. The Kier molecular flexibility index (Phi) is 6.30. The SMILES string of the molecule is COc1ccccc1N1CC[NH+](CC(=O)NCCc2cccs2)CC1. The van der Waals surface area contributed by atoms with Crippen LogP contribution < -0.4 is 19.9 Å². The Morgan fingerprint density at radius 1 is 1.24 bits per heavy atom. The molecule has 2 aromatic rings. The predicted molar refractivity (Wildman–Crippen MR) is 102 cm³/mol. The third-order valence-corrected chi connectivity index (χ3v) is 5.52. The zero-order valence-corrected chi connectivity index (χ0v) is 15.5. The van der Waals surface area contributed by atoms with Crippen LogP contribution in [0.25, 0.3) is 0 Å². The maximum absolute atomic E-state index is 12.1. The Bertz CT molecular complexity index is 667. The van der Waals surface area contributed by atoms with Gasteiger partial charge in [-0.15, -0.1) is 11.3 Å². The summed E-state index contributed by atoms with van der Waals surface area (Å²) in [5.41, 5.74) is 1.14. The number of hydrogen-bond donors (Lipinski definition) is 2. The number of nitrogens with one attached hydrogen (secondary N) is 2. The zero-order valence-electron chi connectivity index (χ0n) is 14.7. The molecule has 1 aromatic heterocycles. The van der Waals surface area contributed by atoms with Crippen LogP contribution in [0.5, 0.6) is 5.75 Å². The summed E-state index contributed by atoms with van der Waals surface area (Å²) in [6.45, 7) is 5.10. The first-order valence-corrected chi connectivity index (χ1v) is 9.65. The number of carbonyl (C=O) groups is 1. The summed E-state index contributed by atoms with van der Waals surface area (Å²) in [6, 6.07) is 12.3. The molecule has 0 spiro atoms. The Morgan fingerprint density at radius 3 is 2.76 bits per heavy atom. The number of nitrogens with zero attached hydrogens (tertiary/aromatic N) is 1. The highest BCUT2D eigenvalue weighted by atomic mass is 32.1. The summed E-state index contributed by atoms with van der Waals surface area (Å²) in [5.74, 6) is 1.06. The van der Waals surface area contributed by atoms with Crippen LogP contribution in [0.1, 0.15) is 4.88 Å². The van der Waals surface area contributed by atoms with E-state index >= 15 is 0 Å². The van der Waals surface area contributed by atoms with Gasteiger partial charge in [-0.05, 0) is 30.0 Å². The maximum atomic E-state index is 12.1. The second-order valence-corrected chi connectivity index (χ2v) is 7.30. The molecule has 0 atom stereocenters. The molecule has 1 aromatic carbocycles. The Labute approximate surface area is 153 Å². The minimum Gasteiger partial charge on any atom is -0.495 e. The number of hydrogen-bond acceptors (Lipinski definition) is 4. The van der Waals surface area contributed by atoms with Crippen LogP contribution in [0.4, 0.5) is 5.69 Å². The molecule has 1 amide bonds. The fourth-order valence-corrected chi connectivity index (χ4v) is 3.91. The normalized spacial score (nSPS) is 15.2. The van der Waals surface area contributed by atoms with Crippen molar-refractivity contribution in [3.8, 4) is 5.75 Å². The smallest absolute Gasteiger partial charge is 0.275 e. The molecule has 3 rings (SSSR count). The highest BCUT2D eigenvalue weighted by Gasteiger charge is 2.23. The van der Waals surface area contributed by atoms with Gasteiger partial charge in [0.15, 0.2) is 6.54 Å². The van der Waals surface area contributed by atoms with Crippen molar-refractivity contribution >= 4 is 22.9 Å². The molecule has 1 aliphatic heterocycles. The first-order valence-electron chi connectivity index (χ1n) is 8.77. The molecule has 1 aliphatic rings. The van der Waals surface area contributed by atoms with Crippen molar-refractivity contribution in [1.82, 2.24) is 5.32 Å². The lowest BCUT2D eigenvalue weighted by Crippen LogP contribution is -3.16. The summed E-state index contributed by atoms with van der Waals surface area (Å²) in [5, 5.41) is 5.11. The lowest BCUT2D eigenvalue weighted by molar-refractivity contribution is -0.892. The van der Waals surface area contributed by atoms with Gasteiger partial charge in [-0.2, -0.15) is 0 Å². The van der Waals surface area contributed by atoms with Crippen molar-refractivity contribution in [2.45, 2.75) is 6.42 Å². The molecule has 1 saturated heterocycles. The molecule has 25 heavy (non-hydrogen) atoms. The van der Waals surface area contributed by atoms with Gasteiger partial charge in [0.2, 0.25) is 0 Å². The standard InChI is InChI=1S/C19H25N3O2S/c1-24-18-7-3-2-6-17(18)22-12-10-21(11-13-22)15-19(23)20-9-8-16-5-4-14-25-16/h2-7,14H,8-13,15H2,1H3,(H,20,23)/p+1. The Morgan fingerprint density at radius 2 is 2.04 bits per heavy atom. The van der Waals surface area contributed by atoms with E-state index in [0.717, 1.165) is 50.6 Å². The minimum atomic E-state index is 0.150. The fourth-order valence-electron chi connectivity index (χ4n) is 3.20. The highest BCUT2D eigenvalue weighted by molar-refractivity contribution is 7.09. The number of methoxy groups -OCH3 is 1. The van der Waals surface area contributed by atoms with E-state index in [9.17, 15) is 4.79 Å². The number of carbonyl (C=O) groups excluding carboxylic acids is 1. The summed E-state index contributed by atoms with van der Waals surface area (Å²) in [4.78, 5) is 17.1. The van der Waals surface area contributed by atoms with E-state index in [4.69, 9.17) is 4.74 Å². The van der Waals surface area contributed by atoms with E-state index in [-0.39, 0.29) is 5.91 Å². The van der Waals surface area contributed by atoms with E-state index in [0.29, 0.717) is 6.54 Å². The molecule has 6 heteroatoms. The van der Waals surface area contributed by atoms with Crippen LogP contribution in [0, 0.1) is 0 Å². The van der Waals surface area contributed by atoms with Gasteiger partial charge in [0.1, 0.15) is 5.75 Å². The molecule has 0 saturated carbocycles. The molecule has 5 nitrogen and oxygen atoms in total. The van der Waals surface area contributed by atoms with Crippen molar-refractivity contribution in [2.24, 2.45) is 0 Å². The van der Waals surface area contributed by atoms with Crippen LogP contribution >= 0.6 is 11.3 Å². The number of benzene rings is 1. The van der Waals surface area contributed by atoms with E-state index in [1.807, 2.05) is 24.3 Å². The highest BCUT2D eigenvalue weighted by Crippen LogP contribution is 2.27. The number of rotatable bonds is 7. The van der Waals surface area contributed by atoms with Crippen molar-refractivity contribution in [1.29, 1.82) is 0 Å². The van der Waals surface area contributed by atoms with E-state index in [1.54, 1.807) is 18.4 Å². The second-order valence-electron chi connectivity index (χ2n) is 6.26. The number of quaternary nitrogens is 1. The number of anilines is 1. The lowest BCUT2D eigenvalue weighted by Gasteiger charge is -2.34. The van der Waals surface area contributed by atoms with E-state index in [1.165, 1.54) is 9.78 Å². The van der Waals surface area contributed by atoms with Crippen molar-refractivity contribution in [2.75, 3.05) is 51.3 Å². The number of piperazine rings is 1. The molecule has 2 heterocycles. The van der Waals surface area contributed by atoms with E-state index < -0.39 is 0 Å². The summed E-state index contributed by atoms with van der Waals surface area (Å²) >= 11 is 1.74. The van der Waals surface area contributed by atoms with Crippen LogP contribution in [-0.4, -0.2) is 52.3 Å². The first kappa shape index (κ1) is 17.8. The molecule has 2 N–H and O–H groups in total. The van der Waals surface area contributed by atoms with Gasteiger partial charge in [0.25, 0.3) is 5.91 Å². The predicted octanol–water partition coefficient (Wildman–Crippen LogP) is 0.821. The molecule has 1 fully saturated rings. The largest absolute Gasteiger partial charge is 0.495 e. The third-order valence-electron chi connectivity index (χ3n) is 4.58. The van der Waals surface area contributed by atoms with Crippen LogP contribution in [-0.2, 0) is 11.2 Å². The fraction of sp³-hybridized carbons (Fsp3) is 0.421. The average molecular weight is 361 g/mol. The van der Waals surface area contributed by atoms with Crippen molar-refractivity contribution in [3.05, 3.63) is 46.7 Å². The van der Waals surface area contributed by atoms with Crippen molar-refractivity contribution in [3.63, 3.8) is 0 Å². The number of para-hydroxylation sites is 2. The van der Waals surface area contributed by atoms with Crippen LogP contribution in [0.3, 0.4) is 0 Å². The summed E-state index contributed by atoms with van der Waals surface area (Å²) in [7, 11) is 1.71. The summed E-state index contributed by atoms with van der Waals surface area (Å²) in [6.07, 6.45) is 0.917. The maximum Gasteiger partial charge on any atom is 0.275 e. The van der Waals surface area contributed by atoms with Gasteiger partial charge >= 0.3 is 0 Å². The topological polar surface area (TPSA) is 46.0 Å². The molecule has 0 bridgehead atoms. The number of thiophene rings is 1. The van der Waals surface area contributed by atoms with Gasteiger partial charge in [-0.1, -0.05) is 18.2 Å². The molecule has 0 radical (unpaired) electrons. The van der Waals surface area contributed by atoms with Gasteiger partial charge < -0.3 is 19.9 Å². The molecular formula is C19H26N3O2S+. The Hall–Kier alpha value is -2.05. The average Bonchev–Trinajstić information content (AvgIpc) is 3.16. The zero-order chi connectivity index (χ0) is 17.5. The summed E-state index contributed by atoms with van der Waals surface area (Å²) < 4.78 is 5.45. The quantitative estimate of drug-likeness (QED) is 0.769. The molecule has 134 valence electrons. The van der Waals surface area contributed by atoms with Gasteiger partial charge in [-0.3, -0.25) is 4.79 Å². The number of ether oxygens (including phenoxy) is 1. The van der Waals surface area contributed by atoms with Crippen LogP contribution in [0.2, 0.25) is 0 Å². The van der Waals surface area contributed by atoms with Gasteiger partial charge in [-0.25, -0.2) is 0 Å². The number of amides is 1. The molecule has 0 unspecified atom stereocenters. The third kappa shape index (κ3) is 4.96. The Balaban J connectivity index is 1.40. The minimum absolute atomic E-state index is 0.150. The molecule has 0 aliphatic carbocycles. The molecular weight excluding hydrogens is 334 g/mol. The first-order chi connectivity index (χ1) is 12.3. The van der Waals surface area contributed by atoms with Crippen LogP contribution in [0.15, 0.2) is 41.8 Å². The lowest BCUT2D eigenvalue weighted by atomic mass is 10.2. The monoisotopic (exact) mass is 360 g/mol. The van der Waals surface area contributed by atoms with Crippen molar-refractivity contribution < 1.29 is 14.4 Å².